The van der Waals surface area contributed by atoms with Crippen LogP contribution in [0.15, 0.2) is 30.9 Å². The van der Waals surface area contributed by atoms with E-state index >= 15 is 0 Å². The largest absolute Gasteiger partial charge is 0.357 e. The van der Waals surface area contributed by atoms with Gasteiger partial charge in [-0.15, -0.1) is 0 Å². The van der Waals surface area contributed by atoms with Crippen molar-refractivity contribution < 1.29 is 4.39 Å². The van der Waals surface area contributed by atoms with Gasteiger partial charge in [-0.1, -0.05) is 0 Å². The Hall–Kier alpha value is -2.96. The molecule has 0 atom stereocenters. The fourth-order valence-corrected chi connectivity index (χ4v) is 2.59. The summed E-state index contributed by atoms with van der Waals surface area (Å²) in [5.41, 5.74) is 3.41. The molecule has 4 rings (SSSR count). The summed E-state index contributed by atoms with van der Waals surface area (Å²) in [5.74, 6) is 0.181. The van der Waals surface area contributed by atoms with E-state index in [-0.39, 0.29) is 5.82 Å². The van der Waals surface area contributed by atoms with Crippen LogP contribution in [0.1, 0.15) is 5.69 Å². The number of halogens is 1. The Kier molecular flexibility index (Phi) is 2.62. The van der Waals surface area contributed by atoms with Crippen molar-refractivity contribution in [2.45, 2.75) is 6.92 Å². The summed E-state index contributed by atoms with van der Waals surface area (Å²) < 4.78 is 15.9. The summed E-state index contributed by atoms with van der Waals surface area (Å²) in [6.45, 7) is 1.84. The first-order valence-electron chi connectivity index (χ1n) is 6.83. The average Bonchev–Trinajstić information content (AvgIpc) is 3.09. The monoisotopic (exact) mass is 296 g/mol. The fraction of sp³-hybridized carbons (Fsp3) is 0.133. The molecule has 0 saturated heterocycles. The van der Waals surface area contributed by atoms with Gasteiger partial charge in [0.2, 0.25) is 5.95 Å². The standard InChI is InChI=1S/C15H13FN6/c1-8-6-22-7-9(3-12(16)14(22)20-8)10-4-18-13-11(10)5-19-15(17-2)21-13/h3-7H,1-2H3,(H2,17,18,19,21). The normalized spacial score (nSPS) is 11.4. The Bertz CT molecular complexity index is 1000. The summed E-state index contributed by atoms with van der Waals surface area (Å²) in [4.78, 5) is 15.8. The van der Waals surface area contributed by atoms with Crippen LogP contribution in [0.25, 0.3) is 27.8 Å². The van der Waals surface area contributed by atoms with E-state index in [1.165, 1.54) is 6.07 Å². The highest BCUT2D eigenvalue weighted by Gasteiger charge is 2.12. The second-order valence-electron chi connectivity index (χ2n) is 5.10. The smallest absolute Gasteiger partial charge is 0.224 e. The van der Waals surface area contributed by atoms with Crippen LogP contribution in [-0.4, -0.2) is 31.4 Å². The minimum absolute atomic E-state index is 0.329. The molecule has 7 heteroatoms. The third-order valence-electron chi connectivity index (χ3n) is 3.59. The SMILES string of the molecule is CNc1ncc2c(-c3cc(F)c4nc(C)cn4c3)c[nH]c2n1. The number of aryl methyl sites for hydroxylation is 1. The minimum Gasteiger partial charge on any atom is -0.357 e. The molecule has 2 N–H and O–H groups in total. The van der Waals surface area contributed by atoms with Gasteiger partial charge in [0, 0.05) is 48.3 Å². The molecule has 4 aromatic rings. The maximum absolute atomic E-state index is 14.2. The number of pyridine rings is 1. The molecule has 0 unspecified atom stereocenters. The summed E-state index contributed by atoms with van der Waals surface area (Å²) in [5, 5.41) is 3.73. The van der Waals surface area contributed by atoms with Gasteiger partial charge in [0.05, 0.1) is 5.69 Å². The molecule has 0 saturated carbocycles. The molecular weight excluding hydrogens is 283 g/mol. The molecule has 4 aromatic heterocycles. The zero-order valence-corrected chi connectivity index (χ0v) is 12.1. The van der Waals surface area contributed by atoms with Crippen LogP contribution in [0.4, 0.5) is 10.3 Å². The lowest BCUT2D eigenvalue weighted by atomic mass is 10.1. The van der Waals surface area contributed by atoms with Gasteiger partial charge in [-0.25, -0.2) is 14.4 Å². The van der Waals surface area contributed by atoms with E-state index in [0.29, 0.717) is 17.2 Å². The number of fused-ring (bicyclic) bond motifs is 2. The quantitative estimate of drug-likeness (QED) is 0.596. The number of H-pyrrole nitrogens is 1. The number of hydrogen-bond acceptors (Lipinski definition) is 4. The lowest BCUT2D eigenvalue weighted by Gasteiger charge is -2.03. The molecule has 0 aliphatic rings. The molecular formula is C15H13FN6. The van der Waals surface area contributed by atoms with Crippen molar-refractivity contribution in [1.29, 1.82) is 0 Å². The van der Waals surface area contributed by atoms with Crippen LogP contribution in [0.3, 0.4) is 0 Å². The Morgan fingerprint density at radius 2 is 2.14 bits per heavy atom. The molecule has 0 radical (unpaired) electrons. The van der Waals surface area contributed by atoms with Crippen molar-refractivity contribution in [2.75, 3.05) is 12.4 Å². The lowest BCUT2D eigenvalue weighted by molar-refractivity contribution is 0.630. The van der Waals surface area contributed by atoms with Crippen LogP contribution in [0, 0.1) is 12.7 Å². The Morgan fingerprint density at radius 1 is 1.27 bits per heavy atom. The van der Waals surface area contributed by atoms with Crippen molar-refractivity contribution in [3.8, 4) is 11.1 Å². The van der Waals surface area contributed by atoms with E-state index in [1.807, 2.05) is 19.3 Å². The summed E-state index contributed by atoms with van der Waals surface area (Å²) in [6, 6.07) is 1.48. The van der Waals surface area contributed by atoms with Gasteiger partial charge in [-0.2, -0.15) is 4.98 Å². The van der Waals surface area contributed by atoms with E-state index in [9.17, 15) is 4.39 Å². The molecule has 0 aromatic carbocycles. The average molecular weight is 296 g/mol. The Labute approximate surface area is 125 Å². The third kappa shape index (κ3) is 1.82. The number of aromatic amines is 1. The predicted octanol–water partition coefficient (Wildman–Crippen LogP) is 2.76. The summed E-state index contributed by atoms with van der Waals surface area (Å²) >= 11 is 0. The Balaban J connectivity index is 1.94. The van der Waals surface area contributed by atoms with Crippen LogP contribution >= 0.6 is 0 Å². The number of aromatic nitrogens is 5. The zero-order chi connectivity index (χ0) is 15.3. The first-order chi connectivity index (χ1) is 10.7. The summed E-state index contributed by atoms with van der Waals surface area (Å²) in [7, 11) is 1.76. The molecule has 0 bridgehead atoms. The van der Waals surface area contributed by atoms with Crippen LogP contribution in [0.5, 0.6) is 0 Å². The first kappa shape index (κ1) is 12.8. The topological polar surface area (TPSA) is 70.9 Å². The van der Waals surface area contributed by atoms with Crippen molar-refractivity contribution in [1.82, 2.24) is 24.3 Å². The van der Waals surface area contributed by atoms with Gasteiger partial charge in [-0.05, 0) is 13.0 Å². The number of imidazole rings is 1. The molecule has 0 aliphatic carbocycles. The van der Waals surface area contributed by atoms with Gasteiger partial charge in [0.1, 0.15) is 5.65 Å². The highest BCUT2D eigenvalue weighted by molar-refractivity contribution is 5.93. The van der Waals surface area contributed by atoms with Gasteiger partial charge < -0.3 is 14.7 Å². The Morgan fingerprint density at radius 3 is 2.95 bits per heavy atom. The van der Waals surface area contributed by atoms with E-state index in [1.54, 1.807) is 23.8 Å². The highest BCUT2D eigenvalue weighted by Crippen LogP contribution is 2.29. The van der Waals surface area contributed by atoms with Gasteiger partial charge in [-0.3, -0.25) is 0 Å². The second kappa shape index (κ2) is 4.52. The van der Waals surface area contributed by atoms with Gasteiger partial charge >= 0.3 is 0 Å². The number of hydrogen-bond donors (Lipinski definition) is 2. The lowest BCUT2D eigenvalue weighted by Crippen LogP contribution is -1.95. The third-order valence-corrected chi connectivity index (χ3v) is 3.59. The van der Waals surface area contributed by atoms with Crippen molar-refractivity contribution in [3.63, 3.8) is 0 Å². The van der Waals surface area contributed by atoms with Crippen molar-refractivity contribution in [2.24, 2.45) is 0 Å². The van der Waals surface area contributed by atoms with E-state index in [2.05, 4.69) is 25.3 Å². The molecule has 0 fully saturated rings. The van der Waals surface area contributed by atoms with Crippen LogP contribution in [-0.2, 0) is 0 Å². The molecule has 4 heterocycles. The number of rotatable bonds is 2. The molecule has 110 valence electrons. The molecule has 6 nitrogen and oxygen atoms in total. The molecule has 0 aliphatic heterocycles. The minimum atomic E-state index is -0.354. The van der Waals surface area contributed by atoms with Crippen molar-refractivity contribution >= 4 is 22.6 Å². The molecule has 0 amide bonds. The first-order valence-corrected chi connectivity index (χ1v) is 6.83. The molecule has 22 heavy (non-hydrogen) atoms. The molecule has 0 spiro atoms. The number of nitrogens with one attached hydrogen (secondary N) is 2. The predicted molar refractivity (Wildman–Crippen MR) is 82.3 cm³/mol. The maximum Gasteiger partial charge on any atom is 0.224 e. The highest BCUT2D eigenvalue weighted by atomic mass is 19.1. The van der Waals surface area contributed by atoms with Crippen LogP contribution in [0.2, 0.25) is 0 Å². The maximum atomic E-state index is 14.2. The second-order valence-corrected chi connectivity index (χ2v) is 5.10. The van der Waals surface area contributed by atoms with E-state index in [0.717, 1.165) is 22.2 Å². The van der Waals surface area contributed by atoms with Gasteiger partial charge in [0.15, 0.2) is 11.5 Å². The number of nitrogens with zero attached hydrogens (tertiary/aromatic N) is 4. The van der Waals surface area contributed by atoms with Crippen LogP contribution < -0.4 is 5.32 Å². The van der Waals surface area contributed by atoms with Gasteiger partial charge in [0.25, 0.3) is 0 Å². The van der Waals surface area contributed by atoms with E-state index in [4.69, 9.17) is 0 Å². The number of anilines is 1. The fourth-order valence-electron chi connectivity index (χ4n) is 2.59. The zero-order valence-electron chi connectivity index (χ0n) is 12.1. The van der Waals surface area contributed by atoms with E-state index < -0.39 is 0 Å². The van der Waals surface area contributed by atoms with Crippen molar-refractivity contribution in [3.05, 3.63) is 42.4 Å². The summed E-state index contributed by atoms with van der Waals surface area (Å²) in [6.07, 6.45) is 7.18.